The molecule has 2 rings (SSSR count). The normalized spacial score (nSPS) is 15.1. The van der Waals surface area contributed by atoms with Crippen molar-refractivity contribution in [1.82, 2.24) is 4.57 Å². The SMILES string of the molecule is C=CCn1c(C)c2c(c1C)C(=O)C(C)=C(C)C2=O. The van der Waals surface area contributed by atoms with Crippen LogP contribution in [0.1, 0.15) is 46.0 Å². The van der Waals surface area contributed by atoms with Crippen molar-refractivity contribution in [2.24, 2.45) is 0 Å². The van der Waals surface area contributed by atoms with Crippen LogP contribution in [0.5, 0.6) is 0 Å². The van der Waals surface area contributed by atoms with E-state index in [0.29, 0.717) is 28.8 Å². The third-order valence-corrected chi connectivity index (χ3v) is 3.79. The van der Waals surface area contributed by atoms with E-state index in [4.69, 9.17) is 0 Å². The van der Waals surface area contributed by atoms with E-state index in [0.717, 1.165) is 11.4 Å². The van der Waals surface area contributed by atoms with Crippen LogP contribution < -0.4 is 0 Å². The second-order valence-electron chi connectivity index (χ2n) is 4.73. The molecule has 0 bridgehead atoms. The number of allylic oxidation sites excluding steroid dienone is 3. The van der Waals surface area contributed by atoms with Crippen LogP contribution in [0.2, 0.25) is 0 Å². The van der Waals surface area contributed by atoms with E-state index in [1.165, 1.54) is 0 Å². The summed E-state index contributed by atoms with van der Waals surface area (Å²) in [5, 5.41) is 0. The molecule has 1 aromatic rings. The molecular weight excluding hydrogens is 226 g/mol. The zero-order valence-corrected chi connectivity index (χ0v) is 11.3. The number of rotatable bonds is 2. The van der Waals surface area contributed by atoms with Crippen LogP contribution in [0, 0.1) is 13.8 Å². The standard InChI is InChI=1S/C15H17NO2/c1-6-7-16-10(4)12-13(11(16)5)15(18)9(3)8(2)14(12)17/h6H,1,7H2,2-5H3. The largest absolute Gasteiger partial charge is 0.344 e. The second-order valence-corrected chi connectivity index (χ2v) is 4.73. The molecule has 0 radical (unpaired) electrons. The van der Waals surface area contributed by atoms with Gasteiger partial charge < -0.3 is 4.57 Å². The molecule has 1 aromatic heterocycles. The van der Waals surface area contributed by atoms with Crippen LogP contribution in [0.25, 0.3) is 0 Å². The third kappa shape index (κ3) is 1.43. The quantitative estimate of drug-likeness (QED) is 0.749. The van der Waals surface area contributed by atoms with Gasteiger partial charge in [0.1, 0.15) is 0 Å². The maximum Gasteiger partial charge on any atom is 0.191 e. The Morgan fingerprint density at radius 3 is 1.67 bits per heavy atom. The highest BCUT2D eigenvalue weighted by molar-refractivity contribution is 6.27. The first-order valence-electron chi connectivity index (χ1n) is 5.99. The molecular formula is C15H17NO2. The Kier molecular flexibility index (Phi) is 2.85. The first kappa shape index (κ1) is 12.6. The van der Waals surface area contributed by atoms with Crippen molar-refractivity contribution in [3.05, 3.63) is 46.3 Å². The zero-order chi connectivity index (χ0) is 13.6. The van der Waals surface area contributed by atoms with E-state index in [9.17, 15) is 9.59 Å². The molecule has 0 saturated heterocycles. The van der Waals surface area contributed by atoms with Crippen LogP contribution in [0.3, 0.4) is 0 Å². The first-order chi connectivity index (χ1) is 8.41. The summed E-state index contributed by atoms with van der Waals surface area (Å²) in [6.45, 7) is 11.5. The Bertz CT molecular complexity index is 567. The maximum absolute atomic E-state index is 12.3. The average Bonchev–Trinajstić information content (AvgIpc) is 2.59. The molecule has 0 unspecified atom stereocenters. The summed E-state index contributed by atoms with van der Waals surface area (Å²) in [6, 6.07) is 0. The third-order valence-electron chi connectivity index (χ3n) is 3.79. The zero-order valence-electron chi connectivity index (χ0n) is 11.3. The van der Waals surface area contributed by atoms with Gasteiger partial charge >= 0.3 is 0 Å². The number of hydrogen-bond donors (Lipinski definition) is 0. The van der Waals surface area contributed by atoms with Crippen LogP contribution in [-0.4, -0.2) is 16.1 Å². The molecule has 0 fully saturated rings. The lowest BCUT2D eigenvalue weighted by Gasteiger charge is -2.14. The van der Waals surface area contributed by atoms with E-state index >= 15 is 0 Å². The summed E-state index contributed by atoms with van der Waals surface area (Å²) >= 11 is 0. The number of nitrogens with zero attached hydrogens (tertiary/aromatic N) is 1. The molecule has 0 atom stereocenters. The smallest absolute Gasteiger partial charge is 0.191 e. The Morgan fingerprint density at radius 2 is 1.33 bits per heavy atom. The molecule has 0 aromatic carbocycles. The lowest BCUT2D eigenvalue weighted by Crippen LogP contribution is -2.19. The molecule has 1 aliphatic rings. The van der Waals surface area contributed by atoms with E-state index in [-0.39, 0.29) is 11.6 Å². The van der Waals surface area contributed by atoms with Crippen LogP contribution in [0.15, 0.2) is 23.8 Å². The summed E-state index contributed by atoms with van der Waals surface area (Å²) in [6.07, 6.45) is 1.77. The number of fused-ring (bicyclic) bond motifs is 1. The fourth-order valence-electron chi connectivity index (χ4n) is 2.56. The number of aromatic nitrogens is 1. The Hall–Kier alpha value is -1.90. The Balaban J connectivity index is 2.79. The Morgan fingerprint density at radius 1 is 0.944 bits per heavy atom. The number of ketones is 2. The van der Waals surface area contributed by atoms with E-state index < -0.39 is 0 Å². The molecule has 0 amide bonds. The van der Waals surface area contributed by atoms with Crippen molar-refractivity contribution in [2.45, 2.75) is 34.2 Å². The number of hydrogen-bond acceptors (Lipinski definition) is 2. The van der Waals surface area contributed by atoms with Gasteiger partial charge in [0, 0.05) is 29.1 Å². The minimum atomic E-state index is -0.0227. The number of carbonyl (C=O) groups excluding carboxylic acids is 2. The van der Waals surface area contributed by atoms with E-state index in [2.05, 4.69) is 6.58 Å². The molecule has 3 heteroatoms. The fraction of sp³-hybridized carbons (Fsp3) is 0.333. The van der Waals surface area contributed by atoms with E-state index in [1.807, 2.05) is 18.4 Å². The van der Waals surface area contributed by atoms with Gasteiger partial charge in [-0.3, -0.25) is 9.59 Å². The summed E-state index contributed by atoms with van der Waals surface area (Å²) in [4.78, 5) is 24.6. The fourth-order valence-corrected chi connectivity index (χ4v) is 2.56. The van der Waals surface area contributed by atoms with Crippen molar-refractivity contribution in [3.8, 4) is 0 Å². The number of Topliss-reactive ketones (excluding diaryl/α,β-unsaturated/α-hetero) is 2. The van der Waals surface area contributed by atoms with Crippen LogP contribution in [0.4, 0.5) is 0 Å². The monoisotopic (exact) mass is 243 g/mol. The van der Waals surface area contributed by atoms with Gasteiger partial charge in [0.2, 0.25) is 0 Å². The van der Waals surface area contributed by atoms with Gasteiger partial charge in [0.05, 0.1) is 11.1 Å². The van der Waals surface area contributed by atoms with Crippen LogP contribution >= 0.6 is 0 Å². The van der Waals surface area contributed by atoms with Crippen molar-refractivity contribution < 1.29 is 9.59 Å². The molecule has 3 nitrogen and oxygen atoms in total. The highest BCUT2D eigenvalue weighted by atomic mass is 16.1. The van der Waals surface area contributed by atoms with Gasteiger partial charge in [-0.2, -0.15) is 0 Å². The predicted octanol–water partition coefficient (Wildman–Crippen LogP) is 3.01. The average molecular weight is 243 g/mol. The summed E-state index contributed by atoms with van der Waals surface area (Å²) in [7, 11) is 0. The molecule has 1 heterocycles. The summed E-state index contributed by atoms with van der Waals surface area (Å²) < 4.78 is 1.97. The molecule has 0 aliphatic heterocycles. The van der Waals surface area contributed by atoms with Gasteiger partial charge in [-0.15, -0.1) is 6.58 Å². The molecule has 94 valence electrons. The van der Waals surface area contributed by atoms with Crippen molar-refractivity contribution >= 4 is 11.6 Å². The summed E-state index contributed by atoms with van der Waals surface area (Å²) in [5.74, 6) is -0.0453. The van der Waals surface area contributed by atoms with Crippen molar-refractivity contribution in [3.63, 3.8) is 0 Å². The number of carbonyl (C=O) groups is 2. The van der Waals surface area contributed by atoms with Crippen LogP contribution in [-0.2, 0) is 6.54 Å². The van der Waals surface area contributed by atoms with Gasteiger partial charge in [-0.1, -0.05) is 6.08 Å². The summed E-state index contributed by atoms with van der Waals surface area (Å²) in [5.41, 5.74) is 3.97. The molecule has 0 N–H and O–H groups in total. The van der Waals surface area contributed by atoms with Gasteiger partial charge in [-0.05, 0) is 27.7 Å². The molecule has 0 saturated carbocycles. The first-order valence-corrected chi connectivity index (χ1v) is 5.99. The van der Waals surface area contributed by atoms with Gasteiger partial charge in [0.15, 0.2) is 11.6 Å². The van der Waals surface area contributed by atoms with Crippen molar-refractivity contribution in [1.29, 1.82) is 0 Å². The maximum atomic E-state index is 12.3. The predicted molar refractivity (Wildman–Crippen MR) is 71.1 cm³/mol. The van der Waals surface area contributed by atoms with Gasteiger partial charge in [0.25, 0.3) is 0 Å². The lowest BCUT2D eigenvalue weighted by atomic mass is 9.86. The van der Waals surface area contributed by atoms with E-state index in [1.54, 1.807) is 19.9 Å². The molecule has 0 spiro atoms. The Labute approximate surface area is 107 Å². The molecule has 18 heavy (non-hydrogen) atoms. The topological polar surface area (TPSA) is 39.1 Å². The minimum absolute atomic E-state index is 0.0227. The van der Waals surface area contributed by atoms with Crippen molar-refractivity contribution in [2.75, 3.05) is 0 Å². The highest BCUT2D eigenvalue weighted by Crippen LogP contribution is 2.32. The highest BCUT2D eigenvalue weighted by Gasteiger charge is 2.33. The minimum Gasteiger partial charge on any atom is -0.344 e. The lowest BCUT2D eigenvalue weighted by molar-refractivity contribution is 0.0975. The second kappa shape index (κ2) is 4.09. The molecule has 1 aliphatic carbocycles. The van der Waals surface area contributed by atoms with Gasteiger partial charge in [-0.25, -0.2) is 0 Å².